The zero-order chi connectivity index (χ0) is 12.1. The maximum Gasteiger partial charge on any atom is 0.174 e. The Kier molecular flexibility index (Phi) is 3.62. The Bertz CT molecular complexity index is 422. The minimum atomic E-state index is -0.0521. The lowest BCUT2D eigenvalue weighted by Gasteiger charge is -2.14. The molecule has 1 aromatic rings. The third kappa shape index (κ3) is 3.19. The number of aliphatic hydroxyl groups is 1. The Hall–Kier alpha value is -1.57. The highest BCUT2D eigenvalue weighted by atomic mass is 16.5. The molecule has 0 radical (unpaired) electrons. The van der Waals surface area contributed by atoms with Gasteiger partial charge in [-0.15, -0.1) is 0 Å². The van der Waals surface area contributed by atoms with Crippen molar-refractivity contribution in [2.24, 2.45) is 0 Å². The van der Waals surface area contributed by atoms with Crippen molar-refractivity contribution in [2.45, 2.75) is 24.9 Å². The first-order valence-electron chi connectivity index (χ1n) is 5.73. The van der Waals surface area contributed by atoms with Crippen LogP contribution in [0.4, 0.5) is 0 Å². The standard InChI is InChI=1S/C13H16N2O2/c14-6-7-17-12-3-1-2-11(8-12)9-15-13(10-16)4-5-13/h1-3,8,15-16H,4-5,7,9-10H2. The van der Waals surface area contributed by atoms with E-state index in [4.69, 9.17) is 10.00 Å². The van der Waals surface area contributed by atoms with Crippen molar-refractivity contribution in [2.75, 3.05) is 13.2 Å². The van der Waals surface area contributed by atoms with Crippen LogP contribution in [0, 0.1) is 11.3 Å². The number of hydrogen-bond acceptors (Lipinski definition) is 4. The van der Waals surface area contributed by atoms with Crippen LogP contribution in [0.1, 0.15) is 18.4 Å². The fraction of sp³-hybridized carbons (Fsp3) is 0.462. The van der Waals surface area contributed by atoms with E-state index in [0.29, 0.717) is 12.3 Å². The Balaban J connectivity index is 1.90. The van der Waals surface area contributed by atoms with Gasteiger partial charge in [0, 0.05) is 12.1 Å². The van der Waals surface area contributed by atoms with E-state index >= 15 is 0 Å². The number of benzene rings is 1. The topological polar surface area (TPSA) is 65.3 Å². The molecule has 17 heavy (non-hydrogen) atoms. The molecule has 0 unspecified atom stereocenters. The Morgan fingerprint density at radius 2 is 2.29 bits per heavy atom. The van der Waals surface area contributed by atoms with Crippen LogP contribution in [0.3, 0.4) is 0 Å². The summed E-state index contributed by atoms with van der Waals surface area (Å²) in [5.41, 5.74) is 1.05. The molecular weight excluding hydrogens is 216 g/mol. The highest BCUT2D eigenvalue weighted by Crippen LogP contribution is 2.34. The molecule has 1 aliphatic carbocycles. The second kappa shape index (κ2) is 5.17. The lowest BCUT2D eigenvalue weighted by molar-refractivity contribution is 0.229. The first-order valence-corrected chi connectivity index (χ1v) is 5.73. The van der Waals surface area contributed by atoms with E-state index in [1.54, 1.807) is 0 Å². The molecular formula is C13H16N2O2. The van der Waals surface area contributed by atoms with Crippen molar-refractivity contribution < 1.29 is 9.84 Å². The molecule has 1 saturated carbocycles. The molecule has 0 bridgehead atoms. The van der Waals surface area contributed by atoms with E-state index in [9.17, 15) is 5.11 Å². The molecule has 0 aliphatic heterocycles. The minimum Gasteiger partial charge on any atom is -0.479 e. The van der Waals surface area contributed by atoms with Crippen LogP contribution in [-0.4, -0.2) is 23.9 Å². The lowest BCUT2D eigenvalue weighted by atomic mass is 10.2. The second-order valence-electron chi connectivity index (χ2n) is 4.39. The van der Waals surface area contributed by atoms with Gasteiger partial charge in [0.25, 0.3) is 0 Å². The average Bonchev–Trinajstić information content (AvgIpc) is 3.15. The molecule has 4 nitrogen and oxygen atoms in total. The monoisotopic (exact) mass is 232 g/mol. The molecule has 1 aliphatic rings. The molecule has 1 fully saturated rings. The molecule has 0 spiro atoms. The summed E-state index contributed by atoms with van der Waals surface area (Å²) in [6.07, 6.45) is 2.07. The number of nitrogens with zero attached hydrogens (tertiary/aromatic N) is 1. The molecule has 0 heterocycles. The molecule has 1 aromatic carbocycles. The summed E-state index contributed by atoms with van der Waals surface area (Å²) < 4.78 is 5.23. The highest BCUT2D eigenvalue weighted by Gasteiger charge is 2.41. The normalized spacial score (nSPS) is 16.2. The van der Waals surface area contributed by atoms with Crippen molar-refractivity contribution in [1.82, 2.24) is 5.32 Å². The van der Waals surface area contributed by atoms with Gasteiger partial charge < -0.3 is 15.2 Å². The van der Waals surface area contributed by atoms with Crippen LogP contribution < -0.4 is 10.1 Å². The van der Waals surface area contributed by atoms with E-state index in [-0.39, 0.29) is 18.8 Å². The van der Waals surface area contributed by atoms with Gasteiger partial charge in [0.2, 0.25) is 0 Å². The van der Waals surface area contributed by atoms with Gasteiger partial charge >= 0.3 is 0 Å². The summed E-state index contributed by atoms with van der Waals surface area (Å²) in [7, 11) is 0. The molecule has 2 N–H and O–H groups in total. The van der Waals surface area contributed by atoms with Gasteiger partial charge in [0.15, 0.2) is 6.61 Å². The number of ether oxygens (including phenoxy) is 1. The van der Waals surface area contributed by atoms with E-state index in [0.717, 1.165) is 18.4 Å². The number of nitrogens with one attached hydrogen (secondary N) is 1. The van der Waals surface area contributed by atoms with Crippen LogP contribution in [0.25, 0.3) is 0 Å². The number of nitriles is 1. The summed E-state index contributed by atoms with van der Waals surface area (Å²) in [5, 5.41) is 21.0. The maximum atomic E-state index is 9.18. The van der Waals surface area contributed by atoms with Gasteiger partial charge in [0.1, 0.15) is 11.8 Å². The number of hydrogen-bond donors (Lipinski definition) is 2. The maximum absolute atomic E-state index is 9.18. The van der Waals surface area contributed by atoms with Crippen LogP contribution in [0.2, 0.25) is 0 Å². The van der Waals surface area contributed by atoms with Crippen molar-refractivity contribution in [1.29, 1.82) is 5.26 Å². The van der Waals surface area contributed by atoms with Gasteiger partial charge in [-0.3, -0.25) is 0 Å². The first-order chi connectivity index (χ1) is 8.28. The quantitative estimate of drug-likeness (QED) is 0.773. The van der Waals surface area contributed by atoms with Crippen molar-refractivity contribution >= 4 is 0 Å². The fourth-order valence-electron chi connectivity index (χ4n) is 1.69. The third-order valence-electron chi connectivity index (χ3n) is 3.03. The SMILES string of the molecule is N#CCOc1cccc(CNC2(CO)CC2)c1. The summed E-state index contributed by atoms with van der Waals surface area (Å²) in [6, 6.07) is 9.59. The van der Waals surface area contributed by atoms with Crippen LogP contribution in [-0.2, 0) is 6.54 Å². The van der Waals surface area contributed by atoms with Gasteiger partial charge in [0.05, 0.1) is 6.61 Å². The molecule has 2 rings (SSSR count). The fourth-order valence-corrected chi connectivity index (χ4v) is 1.69. The molecule has 0 aromatic heterocycles. The highest BCUT2D eigenvalue weighted by molar-refractivity contribution is 5.29. The summed E-state index contributed by atoms with van der Waals surface area (Å²) in [4.78, 5) is 0. The number of aliphatic hydroxyl groups excluding tert-OH is 1. The van der Waals surface area contributed by atoms with Gasteiger partial charge in [-0.25, -0.2) is 0 Å². The van der Waals surface area contributed by atoms with Crippen LogP contribution >= 0.6 is 0 Å². The van der Waals surface area contributed by atoms with Crippen LogP contribution in [0.5, 0.6) is 5.75 Å². The molecule has 0 saturated heterocycles. The lowest BCUT2D eigenvalue weighted by Crippen LogP contribution is -2.34. The zero-order valence-electron chi connectivity index (χ0n) is 9.65. The Morgan fingerprint density at radius 3 is 2.94 bits per heavy atom. The van der Waals surface area contributed by atoms with Gasteiger partial charge in [-0.2, -0.15) is 5.26 Å². The van der Waals surface area contributed by atoms with E-state index < -0.39 is 0 Å². The van der Waals surface area contributed by atoms with E-state index in [2.05, 4.69) is 5.32 Å². The summed E-state index contributed by atoms with van der Waals surface area (Å²) in [5.74, 6) is 0.708. The van der Waals surface area contributed by atoms with Crippen molar-refractivity contribution in [3.8, 4) is 11.8 Å². The smallest absolute Gasteiger partial charge is 0.174 e. The molecule has 90 valence electrons. The predicted molar refractivity (Wildman–Crippen MR) is 63.4 cm³/mol. The Morgan fingerprint density at radius 1 is 1.47 bits per heavy atom. The van der Waals surface area contributed by atoms with Gasteiger partial charge in [-0.05, 0) is 30.5 Å². The average molecular weight is 232 g/mol. The Labute approximate surface area is 101 Å². The zero-order valence-corrected chi connectivity index (χ0v) is 9.65. The minimum absolute atomic E-state index is 0.0521. The van der Waals surface area contributed by atoms with Gasteiger partial charge in [-0.1, -0.05) is 12.1 Å². The largest absolute Gasteiger partial charge is 0.479 e. The van der Waals surface area contributed by atoms with Crippen LogP contribution in [0.15, 0.2) is 24.3 Å². The van der Waals surface area contributed by atoms with E-state index in [1.165, 1.54) is 0 Å². The second-order valence-corrected chi connectivity index (χ2v) is 4.39. The summed E-state index contributed by atoms with van der Waals surface area (Å²) in [6.45, 7) is 0.972. The molecule has 0 atom stereocenters. The van der Waals surface area contributed by atoms with Crippen molar-refractivity contribution in [3.63, 3.8) is 0 Å². The third-order valence-corrected chi connectivity index (χ3v) is 3.03. The predicted octanol–water partition coefficient (Wildman–Crippen LogP) is 1.20. The first kappa shape index (κ1) is 11.9. The molecule has 4 heteroatoms. The summed E-state index contributed by atoms with van der Waals surface area (Å²) >= 11 is 0. The number of rotatable bonds is 6. The van der Waals surface area contributed by atoms with Crippen molar-refractivity contribution in [3.05, 3.63) is 29.8 Å². The molecule has 0 amide bonds. The van der Waals surface area contributed by atoms with E-state index in [1.807, 2.05) is 30.3 Å².